The number of carbonyl (C=O) groups excluding carboxylic acids is 1. The quantitative estimate of drug-likeness (QED) is 0.520. The largest absolute Gasteiger partial charge is 1.00 e. The van der Waals surface area contributed by atoms with Crippen LogP contribution in [0.25, 0.3) is 0 Å². The summed E-state index contributed by atoms with van der Waals surface area (Å²) < 4.78 is 13.2. The van der Waals surface area contributed by atoms with Gasteiger partial charge in [0.1, 0.15) is 24.0 Å². The SMILES string of the molecule is C[N+]12CCC(CC1)C(OC(=O)C1c3ccccc3Oc3ccccc31)C2.[Br-]. The number of esters is 1. The maximum atomic E-state index is 13.3. The van der Waals surface area contributed by atoms with Crippen molar-refractivity contribution in [1.82, 2.24) is 0 Å². The predicted molar refractivity (Wildman–Crippen MR) is 98.2 cm³/mol. The van der Waals surface area contributed by atoms with E-state index in [-0.39, 0.29) is 29.1 Å². The van der Waals surface area contributed by atoms with Gasteiger partial charge < -0.3 is 30.9 Å². The summed E-state index contributed by atoms with van der Waals surface area (Å²) >= 11 is 0. The molecule has 1 unspecified atom stereocenters. The van der Waals surface area contributed by atoms with E-state index < -0.39 is 5.92 Å². The Hall–Kier alpha value is -1.85. The fraction of sp³-hybridized carbons (Fsp3) is 0.409. The van der Waals surface area contributed by atoms with Gasteiger partial charge >= 0.3 is 5.97 Å². The molecule has 2 aromatic rings. The van der Waals surface area contributed by atoms with Gasteiger partial charge in [0, 0.05) is 29.9 Å². The normalized spacial score (nSPS) is 28.3. The first-order chi connectivity index (χ1) is 12.6. The fourth-order valence-electron chi connectivity index (χ4n) is 4.86. The van der Waals surface area contributed by atoms with Crippen molar-refractivity contribution in [2.24, 2.45) is 5.92 Å². The molecule has 0 N–H and O–H groups in total. The van der Waals surface area contributed by atoms with Crippen LogP contribution in [0.15, 0.2) is 48.5 Å². The summed E-state index contributed by atoms with van der Waals surface area (Å²) in [4.78, 5) is 13.3. The molecule has 0 aliphatic carbocycles. The standard InChI is InChI=1S/C22H24NO3.BrH/c1-23-12-10-15(11-13-23)20(14-23)26-22(24)21-16-6-2-4-8-18(16)25-19-9-5-3-7-17(19)21;/h2-9,15,20-21H,10-14H2,1H3;1H/q+1;/p-1. The van der Waals surface area contributed by atoms with E-state index in [1.54, 1.807) is 0 Å². The Bertz CT molecular complexity index is 815. The zero-order valence-corrected chi connectivity index (χ0v) is 17.0. The summed E-state index contributed by atoms with van der Waals surface area (Å²) in [5.41, 5.74) is 1.80. The van der Waals surface area contributed by atoms with Crippen LogP contribution >= 0.6 is 0 Å². The first-order valence-corrected chi connectivity index (χ1v) is 9.53. The summed E-state index contributed by atoms with van der Waals surface area (Å²) in [5.74, 6) is 1.47. The number of rotatable bonds is 2. The van der Waals surface area contributed by atoms with Gasteiger partial charge in [0.15, 0.2) is 6.10 Å². The number of piperidine rings is 3. The van der Waals surface area contributed by atoms with Crippen LogP contribution in [-0.4, -0.2) is 43.2 Å². The molecule has 1 atom stereocenters. The van der Waals surface area contributed by atoms with Crippen molar-refractivity contribution in [1.29, 1.82) is 0 Å². The van der Waals surface area contributed by atoms with Gasteiger partial charge in [-0.2, -0.15) is 0 Å². The summed E-state index contributed by atoms with van der Waals surface area (Å²) in [6.45, 7) is 3.37. The second-order valence-corrected chi connectivity index (χ2v) is 8.17. The predicted octanol–water partition coefficient (Wildman–Crippen LogP) is 0.710. The number of halogens is 1. The maximum Gasteiger partial charge on any atom is 0.318 e. The van der Waals surface area contributed by atoms with Crippen LogP contribution in [0.2, 0.25) is 0 Å². The third-order valence-corrected chi connectivity index (χ3v) is 6.41. The number of hydrogen-bond donors (Lipinski definition) is 0. The molecular weight excluding hydrogens is 406 g/mol. The summed E-state index contributed by atoms with van der Waals surface area (Å²) in [5, 5.41) is 0. The topological polar surface area (TPSA) is 35.5 Å². The van der Waals surface area contributed by atoms with Gasteiger partial charge in [-0.05, 0) is 12.1 Å². The molecule has 4 heterocycles. The highest BCUT2D eigenvalue weighted by atomic mass is 79.9. The molecule has 142 valence electrons. The smallest absolute Gasteiger partial charge is 0.318 e. The first-order valence-electron chi connectivity index (χ1n) is 9.53. The Morgan fingerprint density at radius 3 is 2.11 bits per heavy atom. The van der Waals surface area contributed by atoms with Gasteiger partial charge in [0.2, 0.25) is 0 Å². The van der Waals surface area contributed by atoms with Crippen molar-refractivity contribution in [3.05, 3.63) is 59.7 Å². The van der Waals surface area contributed by atoms with E-state index in [1.165, 1.54) is 13.1 Å². The molecule has 27 heavy (non-hydrogen) atoms. The van der Waals surface area contributed by atoms with Crippen LogP contribution in [-0.2, 0) is 9.53 Å². The summed E-state index contributed by atoms with van der Waals surface area (Å²) in [6.07, 6.45) is 2.36. The van der Waals surface area contributed by atoms with Crippen LogP contribution in [0.3, 0.4) is 0 Å². The molecule has 4 aliphatic heterocycles. The average molecular weight is 430 g/mol. The molecule has 5 heteroatoms. The average Bonchev–Trinajstić information content (AvgIpc) is 2.66. The number of benzene rings is 2. The third kappa shape index (κ3) is 3.17. The van der Waals surface area contributed by atoms with Gasteiger partial charge in [0.25, 0.3) is 0 Å². The number of quaternary nitrogens is 1. The molecule has 3 fully saturated rings. The molecular formula is C22H24BrNO3. The molecule has 2 bridgehead atoms. The summed E-state index contributed by atoms with van der Waals surface area (Å²) in [6, 6.07) is 15.6. The van der Waals surface area contributed by atoms with Crippen molar-refractivity contribution < 1.29 is 35.7 Å². The molecule has 0 spiro atoms. The van der Waals surface area contributed by atoms with E-state index in [1.807, 2.05) is 48.5 Å². The van der Waals surface area contributed by atoms with Crippen molar-refractivity contribution in [3.63, 3.8) is 0 Å². The number of carbonyl (C=O) groups is 1. The van der Waals surface area contributed by atoms with Crippen LogP contribution in [0.5, 0.6) is 11.5 Å². The lowest BCUT2D eigenvalue weighted by atomic mass is 9.83. The second kappa shape index (κ2) is 6.95. The molecule has 0 aromatic heterocycles. The van der Waals surface area contributed by atoms with Crippen LogP contribution in [0.1, 0.15) is 29.9 Å². The highest BCUT2D eigenvalue weighted by Gasteiger charge is 2.46. The van der Waals surface area contributed by atoms with Crippen LogP contribution in [0, 0.1) is 5.92 Å². The zero-order chi connectivity index (χ0) is 17.7. The Morgan fingerprint density at radius 2 is 1.56 bits per heavy atom. The maximum absolute atomic E-state index is 13.3. The van der Waals surface area contributed by atoms with Gasteiger partial charge in [-0.15, -0.1) is 0 Å². The van der Waals surface area contributed by atoms with Crippen molar-refractivity contribution in [3.8, 4) is 11.5 Å². The molecule has 0 saturated carbocycles. The molecule has 4 aliphatic rings. The Morgan fingerprint density at radius 1 is 1.00 bits per heavy atom. The Labute approximate surface area is 170 Å². The second-order valence-electron chi connectivity index (χ2n) is 8.17. The lowest BCUT2D eigenvalue weighted by Crippen LogP contribution is -3.00. The minimum absolute atomic E-state index is 0. The molecule has 2 aromatic carbocycles. The molecule has 6 rings (SSSR count). The monoisotopic (exact) mass is 429 g/mol. The van der Waals surface area contributed by atoms with Crippen LogP contribution in [0.4, 0.5) is 0 Å². The fourth-order valence-corrected chi connectivity index (χ4v) is 4.86. The number of nitrogens with zero attached hydrogens (tertiary/aromatic N) is 1. The van der Waals surface area contributed by atoms with E-state index >= 15 is 0 Å². The highest BCUT2D eigenvalue weighted by Crippen LogP contribution is 2.45. The molecule has 4 nitrogen and oxygen atoms in total. The Kier molecular flexibility index (Phi) is 4.77. The van der Waals surface area contributed by atoms with E-state index in [4.69, 9.17) is 9.47 Å². The van der Waals surface area contributed by atoms with Gasteiger partial charge in [-0.25, -0.2) is 0 Å². The highest BCUT2D eigenvalue weighted by molar-refractivity contribution is 5.85. The van der Waals surface area contributed by atoms with E-state index in [0.29, 0.717) is 5.92 Å². The lowest BCUT2D eigenvalue weighted by molar-refractivity contribution is -0.928. The zero-order valence-electron chi connectivity index (χ0n) is 15.4. The van der Waals surface area contributed by atoms with Gasteiger partial charge in [0.05, 0.1) is 20.1 Å². The molecule has 0 amide bonds. The first kappa shape index (κ1) is 18.5. The third-order valence-electron chi connectivity index (χ3n) is 6.41. The number of likely N-dealkylation sites (N-methyl/N-ethyl adjacent to an activating group) is 1. The Balaban J connectivity index is 0.00000180. The number of fused-ring (bicyclic) bond motifs is 5. The van der Waals surface area contributed by atoms with Gasteiger partial charge in [-0.1, -0.05) is 36.4 Å². The summed E-state index contributed by atoms with van der Waals surface area (Å²) in [7, 11) is 2.29. The lowest BCUT2D eigenvalue weighted by Gasteiger charge is -2.50. The van der Waals surface area contributed by atoms with Gasteiger partial charge in [-0.3, -0.25) is 4.79 Å². The van der Waals surface area contributed by atoms with Crippen LogP contribution < -0.4 is 21.7 Å². The van der Waals surface area contributed by atoms with Crippen molar-refractivity contribution in [2.75, 3.05) is 26.7 Å². The van der Waals surface area contributed by atoms with E-state index in [2.05, 4.69) is 7.05 Å². The van der Waals surface area contributed by atoms with Crippen molar-refractivity contribution >= 4 is 5.97 Å². The number of hydrogen-bond acceptors (Lipinski definition) is 3. The van der Waals surface area contributed by atoms with E-state index in [9.17, 15) is 4.79 Å². The number of ether oxygens (including phenoxy) is 2. The molecule has 0 radical (unpaired) electrons. The minimum atomic E-state index is -0.406. The minimum Gasteiger partial charge on any atom is -1.00 e. The molecule has 3 saturated heterocycles. The van der Waals surface area contributed by atoms with E-state index in [0.717, 1.165) is 46.5 Å². The number of para-hydroxylation sites is 2. The van der Waals surface area contributed by atoms with Crippen molar-refractivity contribution in [2.45, 2.75) is 24.9 Å².